The Morgan fingerprint density at radius 2 is 2.04 bits per heavy atom. The van der Waals surface area contributed by atoms with E-state index in [2.05, 4.69) is 27.4 Å². The lowest BCUT2D eigenvalue weighted by atomic mass is 9.68. The van der Waals surface area contributed by atoms with Crippen molar-refractivity contribution in [3.63, 3.8) is 0 Å². The molecule has 0 bridgehead atoms. The number of benzene rings is 1. The van der Waals surface area contributed by atoms with Crippen LogP contribution in [0.2, 0.25) is 0 Å². The first-order chi connectivity index (χ1) is 11.2. The predicted molar refractivity (Wildman–Crippen MR) is 96.5 cm³/mol. The van der Waals surface area contributed by atoms with Crippen LogP contribution in [0.3, 0.4) is 0 Å². The summed E-state index contributed by atoms with van der Waals surface area (Å²) in [4.78, 5) is 11.1. The molecule has 0 saturated heterocycles. The van der Waals surface area contributed by atoms with E-state index in [9.17, 15) is 9.18 Å². The topological polar surface area (TPSA) is 37.3 Å². The number of allylic oxidation sites excluding steroid dienone is 5. The number of carbonyl (C=O) groups is 1. The van der Waals surface area contributed by atoms with E-state index in [1.807, 2.05) is 6.92 Å². The number of hydrogen-bond acceptors (Lipinski definition) is 1. The largest absolute Gasteiger partial charge is 0.478 e. The van der Waals surface area contributed by atoms with E-state index in [4.69, 9.17) is 5.11 Å². The van der Waals surface area contributed by atoms with Crippen molar-refractivity contribution in [2.45, 2.75) is 47.0 Å². The standard InChI is InChI=1S/C21H25FO2/c1-6-13(2)18(19-14(3)8-7-11-21(19,4)5)16-10-9-15(20(23)24)12-17(16)22/h6,9-10,12H,1,7-8,11H2,2-5H3,(H,23,24). The molecule has 24 heavy (non-hydrogen) atoms. The van der Waals surface area contributed by atoms with Gasteiger partial charge < -0.3 is 5.11 Å². The van der Waals surface area contributed by atoms with Crippen molar-refractivity contribution in [1.29, 1.82) is 0 Å². The third-order valence-corrected chi connectivity index (χ3v) is 4.89. The van der Waals surface area contributed by atoms with Crippen LogP contribution in [0.15, 0.2) is 47.6 Å². The van der Waals surface area contributed by atoms with Gasteiger partial charge in [-0.3, -0.25) is 0 Å². The van der Waals surface area contributed by atoms with Gasteiger partial charge in [0.05, 0.1) is 5.56 Å². The molecule has 0 aliphatic heterocycles. The van der Waals surface area contributed by atoms with Gasteiger partial charge in [-0.15, -0.1) is 0 Å². The number of rotatable bonds is 4. The summed E-state index contributed by atoms with van der Waals surface area (Å²) in [6, 6.07) is 4.13. The summed E-state index contributed by atoms with van der Waals surface area (Å²) in [6.45, 7) is 12.3. The molecule has 0 fully saturated rings. The summed E-state index contributed by atoms with van der Waals surface area (Å²) in [6.07, 6.45) is 4.91. The Labute approximate surface area is 143 Å². The Hall–Kier alpha value is -2.16. The molecule has 0 radical (unpaired) electrons. The average Bonchev–Trinajstić information content (AvgIpc) is 2.50. The predicted octanol–water partition coefficient (Wildman–Crippen LogP) is 6.01. The molecule has 1 aromatic carbocycles. The van der Waals surface area contributed by atoms with E-state index in [1.165, 1.54) is 11.6 Å². The first-order valence-electron chi connectivity index (χ1n) is 8.26. The fourth-order valence-corrected chi connectivity index (χ4v) is 3.67. The zero-order chi connectivity index (χ0) is 18.1. The van der Waals surface area contributed by atoms with Crippen LogP contribution < -0.4 is 0 Å². The van der Waals surface area contributed by atoms with Gasteiger partial charge in [-0.05, 0) is 67.4 Å². The van der Waals surface area contributed by atoms with Crippen molar-refractivity contribution in [1.82, 2.24) is 0 Å². The number of hydrogen-bond donors (Lipinski definition) is 1. The van der Waals surface area contributed by atoms with E-state index in [1.54, 1.807) is 12.1 Å². The maximum atomic E-state index is 14.7. The third-order valence-electron chi connectivity index (χ3n) is 4.89. The van der Waals surface area contributed by atoms with E-state index >= 15 is 0 Å². The lowest BCUT2D eigenvalue weighted by molar-refractivity contribution is 0.0696. The molecule has 0 heterocycles. The highest BCUT2D eigenvalue weighted by Crippen LogP contribution is 2.48. The second-order valence-corrected chi connectivity index (χ2v) is 7.15. The fraction of sp³-hybridized carbons (Fsp3) is 0.381. The van der Waals surface area contributed by atoms with Crippen molar-refractivity contribution in [2.24, 2.45) is 5.41 Å². The van der Waals surface area contributed by atoms with Crippen molar-refractivity contribution in [3.8, 4) is 0 Å². The van der Waals surface area contributed by atoms with Crippen LogP contribution >= 0.6 is 0 Å². The SMILES string of the molecule is C=CC(C)=C(C1=C(C)CCCC1(C)C)c1ccc(C(=O)O)cc1F. The minimum absolute atomic E-state index is 0.0412. The number of aromatic carboxylic acids is 1. The zero-order valence-electron chi connectivity index (χ0n) is 14.9. The van der Waals surface area contributed by atoms with Crippen LogP contribution in [0.4, 0.5) is 4.39 Å². The van der Waals surface area contributed by atoms with E-state index in [0.29, 0.717) is 5.56 Å². The Morgan fingerprint density at radius 1 is 1.38 bits per heavy atom. The van der Waals surface area contributed by atoms with Crippen LogP contribution in [0.1, 0.15) is 62.9 Å². The maximum Gasteiger partial charge on any atom is 0.335 e. The molecule has 0 spiro atoms. The van der Waals surface area contributed by atoms with Crippen LogP contribution in [-0.2, 0) is 0 Å². The molecule has 0 atom stereocenters. The molecular weight excluding hydrogens is 303 g/mol. The Morgan fingerprint density at radius 3 is 2.54 bits per heavy atom. The summed E-state index contributed by atoms with van der Waals surface area (Å²) < 4.78 is 14.7. The van der Waals surface area contributed by atoms with Crippen LogP contribution in [0, 0.1) is 11.2 Å². The second-order valence-electron chi connectivity index (χ2n) is 7.15. The number of halogens is 1. The molecule has 0 saturated carbocycles. The van der Waals surface area contributed by atoms with Crippen LogP contribution in [0.5, 0.6) is 0 Å². The molecule has 1 aliphatic rings. The summed E-state index contributed by atoms with van der Waals surface area (Å²) >= 11 is 0. The summed E-state index contributed by atoms with van der Waals surface area (Å²) in [5.41, 5.74) is 4.53. The van der Waals surface area contributed by atoms with E-state index in [-0.39, 0.29) is 11.0 Å². The zero-order valence-corrected chi connectivity index (χ0v) is 14.9. The maximum absolute atomic E-state index is 14.7. The molecule has 0 aromatic heterocycles. The van der Waals surface area contributed by atoms with E-state index in [0.717, 1.165) is 42.0 Å². The molecule has 0 amide bonds. The van der Waals surface area contributed by atoms with Crippen LogP contribution in [-0.4, -0.2) is 11.1 Å². The van der Waals surface area contributed by atoms with Crippen molar-refractivity contribution in [2.75, 3.05) is 0 Å². The van der Waals surface area contributed by atoms with Crippen molar-refractivity contribution < 1.29 is 14.3 Å². The van der Waals surface area contributed by atoms with Gasteiger partial charge in [0, 0.05) is 5.56 Å². The van der Waals surface area contributed by atoms with Crippen molar-refractivity contribution in [3.05, 3.63) is 64.5 Å². The smallest absolute Gasteiger partial charge is 0.335 e. The molecule has 2 rings (SSSR count). The van der Waals surface area contributed by atoms with Gasteiger partial charge in [-0.1, -0.05) is 38.1 Å². The normalized spacial score (nSPS) is 18.2. The molecule has 2 nitrogen and oxygen atoms in total. The third kappa shape index (κ3) is 3.35. The molecule has 3 heteroatoms. The van der Waals surface area contributed by atoms with E-state index < -0.39 is 11.8 Å². The first-order valence-corrected chi connectivity index (χ1v) is 8.26. The first kappa shape index (κ1) is 18.2. The minimum Gasteiger partial charge on any atom is -0.478 e. The molecule has 1 aliphatic carbocycles. The van der Waals surface area contributed by atoms with Gasteiger partial charge in [-0.25, -0.2) is 9.18 Å². The second kappa shape index (κ2) is 6.76. The number of carboxylic acid groups (broad SMARTS) is 1. The molecule has 1 aromatic rings. The highest BCUT2D eigenvalue weighted by atomic mass is 19.1. The Kier molecular flexibility index (Phi) is 5.12. The average molecular weight is 328 g/mol. The van der Waals surface area contributed by atoms with Crippen LogP contribution in [0.25, 0.3) is 5.57 Å². The molecular formula is C21H25FO2. The summed E-state index contributed by atoms with van der Waals surface area (Å²) in [5, 5.41) is 9.06. The highest BCUT2D eigenvalue weighted by Gasteiger charge is 2.32. The monoisotopic (exact) mass is 328 g/mol. The fourth-order valence-electron chi connectivity index (χ4n) is 3.67. The van der Waals surface area contributed by atoms with Gasteiger partial charge >= 0.3 is 5.97 Å². The Bertz CT molecular complexity index is 751. The molecule has 128 valence electrons. The van der Waals surface area contributed by atoms with Crippen molar-refractivity contribution >= 4 is 11.5 Å². The highest BCUT2D eigenvalue weighted by molar-refractivity contribution is 5.90. The Balaban J connectivity index is 2.73. The van der Waals surface area contributed by atoms with Gasteiger partial charge in [0.2, 0.25) is 0 Å². The summed E-state index contributed by atoms with van der Waals surface area (Å²) in [7, 11) is 0. The summed E-state index contributed by atoms with van der Waals surface area (Å²) in [5.74, 6) is -1.63. The van der Waals surface area contributed by atoms with Gasteiger partial charge in [-0.2, -0.15) is 0 Å². The van der Waals surface area contributed by atoms with Gasteiger partial charge in [0.1, 0.15) is 5.82 Å². The van der Waals surface area contributed by atoms with Gasteiger partial charge in [0.15, 0.2) is 0 Å². The lowest BCUT2D eigenvalue weighted by Crippen LogP contribution is -2.22. The van der Waals surface area contributed by atoms with Gasteiger partial charge in [0.25, 0.3) is 0 Å². The number of carboxylic acids is 1. The quantitative estimate of drug-likeness (QED) is 0.687. The molecule has 1 N–H and O–H groups in total. The minimum atomic E-state index is -1.13. The lowest BCUT2D eigenvalue weighted by Gasteiger charge is -2.37. The molecule has 0 unspecified atom stereocenters.